The first-order valence-corrected chi connectivity index (χ1v) is 9.89. The highest BCUT2D eigenvalue weighted by molar-refractivity contribution is 8.01. The lowest BCUT2D eigenvalue weighted by molar-refractivity contribution is -0.117. The standard InChI is InChI=1S/C21H24N4O2S/c1-5-25-18(15-10-9-13-17(14-15)27-4)23-24-20(25)28-21(2,3)19(26)22-16-11-7-6-8-12-16/h6-14H,5H2,1-4H3,(H,22,26). The zero-order valence-electron chi connectivity index (χ0n) is 16.5. The Labute approximate surface area is 169 Å². The molecule has 1 aromatic heterocycles. The van der Waals surface area contributed by atoms with Gasteiger partial charge < -0.3 is 14.6 Å². The number of nitrogens with one attached hydrogen (secondary N) is 1. The van der Waals surface area contributed by atoms with Crippen molar-refractivity contribution in [3.8, 4) is 17.1 Å². The molecule has 0 atom stereocenters. The fraction of sp³-hybridized carbons (Fsp3) is 0.286. The highest BCUT2D eigenvalue weighted by Crippen LogP contribution is 2.34. The van der Waals surface area contributed by atoms with E-state index in [0.717, 1.165) is 22.8 Å². The van der Waals surface area contributed by atoms with Crippen LogP contribution in [0.2, 0.25) is 0 Å². The minimum absolute atomic E-state index is 0.0858. The highest BCUT2D eigenvalue weighted by atomic mass is 32.2. The van der Waals surface area contributed by atoms with Crippen LogP contribution in [0.25, 0.3) is 11.4 Å². The van der Waals surface area contributed by atoms with Crippen LogP contribution in [-0.4, -0.2) is 32.5 Å². The number of ether oxygens (including phenoxy) is 1. The highest BCUT2D eigenvalue weighted by Gasteiger charge is 2.32. The first kappa shape index (κ1) is 19.9. The minimum atomic E-state index is -0.721. The second-order valence-electron chi connectivity index (χ2n) is 6.71. The zero-order chi connectivity index (χ0) is 20.1. The molecule has 0 aliphatic carbocycles. The number of rotatable bonds is 7. The van der Waals surface area contributed by atoms with Crippen molar-refractivity contribution in [1.82, 2.24) is 14.8 Å². The number of hydrogen-bond donors (Lipinski definition) is 1. The average Bonchev–Trinajstić information content (AvgIpc) is 3.10. The molecule has 28 heavy (non-hydrogen) atoms. The number of hydrogen-bond acceptors (Lipinski definition) is 5. The molecule has 1 N–H and O–H groups in total. The Morgan fingerprint density at radius 1 is 1.14 bits per heavy atom. The van der Waals surface area contributed by atoms with Gasteiger partial charge in [-0.15, -0.1) is 10.2 Å². The first-order valence-electron chi connectivity index (χ1n) is 9.07. The van der Waals surface area contributed by atoms with Gasteiger partial charge in [-0.1, -0.05) is 42.1 Å². The molecule has 6 nitrogen and oxygen atoms in total. The third-order valence-electron chi connectivity index (χ3n) is 4.29. The van der Waals surface area contributed by atoms with Gasteiger partial charge in [0.1, 0.15) is 5.75 Å². The SMILES string of the molecule is CCn1c(SC(C)(C)C(=O)Nc2ccccc2)nnc1-c1cccc(OC)c1. The minimum Gasteiger partial charge on any atom is -0.497 e. The number of aromatic nitrogens is 3. The molecule has 0 fully saturated rings. The summed E-state index contributed by atoms with van der Waals surface area (Å²) in [6.45, 7) is 6.50. The zero-order valence-corrected chi connectivity index (χ0v) is 17.3. The van der Waals surface area contributed by atoms with Gasteiger partial charge >= 0.3 is 0 Å². The maximum atomic E-state index is 12.8. The molecule has 146 valence electrons. The topological polar surface area (TPSA) is 69.0 Å². The molecule has 0 saturated heterocycles. The molecule has 3 rings (SSSR count). The largest absolute Gasteiger partial charge is 0.497 e. The third kappa shape index (κ3) is 4.36. The van der Waals surface area contributed by atoms with Crippen LogP contribution in [0.4, 0.5) is 5.69 Å². The van der Waals surface area contributed by atoms with Crippen LogP contribution >= 0.6 is 11.8 Å². The summed E-state index contributed by atoms with van der Waals surface area (Å²) in [5.41, 5.74) is 1.70. The van der Waals surface area contributed by atoms with Gasteiger partial charge in [0.05, 0.1) is 11.9 Å². The number of nitrogens with zero attached hydrogens (tertiary/aromatic N) is 3. The van der Waals surface area contributed by atoms with E-state index in [1.165, 1.54) is 11.8 Å². The van der Waals surface area contributed by atoms with Crippen LogP contribution in [0, 0.1) is 0 Å². The summed E-state index contributed by atoms with van der Waals surface area (Å²) in [7, 11) is 1.64. The van der Waals surface area contributed by atoms with E-state index in [-0.39, 0.29) is 5.91 Å². The molecule has 3 aromatic rings. The van der Waals surface area contributed by atoms with Crippen molar-refractivity contribution in [2.75, 3.05) is 12.4 Å². The molecule has 0 aliphatic heterocycles. The van der Waals surface area contributed by atoms with Crippen LogP contribution in [0.3, 0.4) is 0 Å². The summed E-state index contributed by atoms with van der Waals surface area (Å²) in [6, 6.07) is 17.2. The van der Waals surface area contributed by atoms with Crippen molar-refractivity contribution in [2.24, 2.45) is 0 Å². The number of thioether (sulfide) groups is 1. The van der Waals surface area contributed by atoms with E-state index in [2.05, 4.69) is 15.5 Å². The second kappa shape index (κ2) is 8.48. The normalized spacial score (nSPS) is 11.3. The molecular formula is C21H24N4O2S. The fourth-order valence-electron chi connectivity index (χ4n) is 2.70. The smallest absolute Gasteiger partial charge is 0.240 e. The molecule has 1 heterocycles. The lowest BCUT2D eigenvalue weighted by Gasteiger charge is -2.22. The molecule has 7 heteroatoms. The van der Waals surface area contributed by atoms with Gasteiger partial charge in [-0.3, -0.25) is 4.79 Å². The lowest BCUT2D eigenvalue weighted by atomic mass is 10.2. The maximum Gasteiger partial charge on any atom is 0.240 e. The van der Waals surface area contributed by atoms with E-state index >= 15 is 0 Å². The second-order valence-corrected chi connectivity index (χ2v) is 8.30. The maximum absolute atomic E-state index is 12.8. The van der Waals surface area contributed by atoms with E-state index < -0.39 is 4.75 Å². The Bertz CT molecular complexity index is 954. The van der Waals surface area contributed by atoms with Crippen molar-refractivity contribution in [3.63, 3.8) is 0 Å². The lowest BCUT2D eigenvalue weighted by Crippen LogP contribution is -2.34. The van der Waals surface area contributed by atoms with Gasteiger partial charge in [-0.05, 0) is 45.0 Å². The van der Waals surface area contributed by atoms with Crippen LogP contribution in [0.5, 0.6) is 5.75 Å². The van der Waals surface area contributed by atoms with E-state index in [9.17, 15) is 4.79 Å². The predicted molar refractivity (Wildman–Crippen MR) is 113 cm³/mol. The molecule has 0 saturated carbocycles. The van der Waals surface area contributed by atoms with Crippen molar-refractivity contribution < 1.29 is 9.53 Å². The van der Waals surface area contributed by atoms with Gasteiger partial charge in [-0.2, -0.15) is 0 Å². The van der Waals surface area contributed by atoms with Crippen molar-refractivity contribution >= 4 is 23.4 Å². The van der Waals surface area contributed by atoms with Crippen molar-refractivity contribution in [2.45, 2.75) is 37.2 Å². The average molecular weight is 397 g/mol. The van der Waals surface area contributed by atoms with Gasteiger partial charge in [-0.25, -0.2) is 0 Å². The molecule has 0 unspecified atom stereocenters. The Hall–Kier alpha value is -2.80. The summed E-state index contributed by atoms with van der Waals surface area (Å²) < 4.78 is 6.60. The molecule has 0 bridgehead atoms. The molecule has 0 spiro atoms. The van der Waals surface area contributed by atoms with Gasteiger partial charge in [0.2, 0.25) is 5.91 Å². The number of carbonyl (C=O) groups excluding carboxylic acids is 1. The number of para-hydroxylation sites is 1. The Kier molecular flexibility index (Phi) is 6.04. The Morgan fingerprint density at radius 2 is 1.89 bits per heavy atom. The number of methoxy groups -OCH3 is 1. The van der Waals surface area contributed by atoms with E-state index in [1.54, 1.807) is 7.11 Å². The summed E-state index contributed by atoms with van der Waals surface area (Å²) >= 11 is 1.40. The Morgan fingerprint density at radius 3 is 2.57 bits per heavy atom. The summed E-state index contributed by atoms with van der Waals surface area (Å²) in [4.78, 5) is 12.8. The van der Waals surface area contributed by atoms with Crippen LogP contribution in [-0.2, 0) is 11.3 Å². The van der Waals surface area contributed by atoms with Gasteiger partial charge in [0.25, 0.3) is 0 Å². The third-order valence-corrected chi connectivity index (χ3v) is 5.47. The van der Waals surface area contributed by atoms with Crippen molar-refractivity contribution in [1.29, 1.82) is 0 Å². The molecule has 0 aliphatic rings. The van der Waals surface area contributed by atoms with Crippen LogP contribution in [0.1, 0.15) is 20.8 Å². The predicted octanol–water partition coefficient (Wildman–Crippen LogP) is 4.48. The molecule has 2 aromatic carbocycles. The first-order chi connectivity index (χ1) is 13.4. The van der Waals surface area contributed by atoms with Gasteiger partial charge in [0, 0.05) is 17.8 Å². The summed E-state index contributed by atoms with van der Waals surface area (Å²) in [5.74, 6) is 1.43. The van der Waals surface area contributed by atoms with E-state index in [4.69, 9.17) is 4.74 Å². The summed E-state index contributed by atoms with van der Waals surface area (Å²) in [5, 5.41) is 12.4. The molecular weight excluding hydrogens is 372 g/mol. The van der Waals surface area contributed by atoms with Crippen LogP contribution in [0.15, 0.2) is 59.8 Å². The van der Waals surface area contributed by atoms with Crippen LogP contribution < -0.4 is 10.1 Å². The van der Waals surface area contributed by atoms with E-state index in [1.807, 2.05) is 79.9 Å². The number of carbonyl (C=O) groups is 1. The van der Waals surface area contributed by atoms with Gasteiger partial charge in [0.15, 0.2) is 11.0 Å². The monoisotopic (exact) mass is 396 g/mol. The quantitative estimate of drug-likeness (QED) is 0.596. The number of amides is 1. The molecule has 1 amide bonds. The van der Waals surface area contributed by atoms with Crippen molar-refractivity contribution in [3.05, 3.63) is 54.6 Å². The Balaban J connectivity index is 1.83. The van der Waals surface area contributed by atoms with E-state index in [0.29, 0.717) is 11.7 Å². The fourth-order valence-corrected chi connectivity index (χ4v) is 3.71. The number of anilines is 1. The summed E-state index contributed by atoms with van der Waals surface area (Å²) in [6.07, 6.45) is 0. The number of benzene rings is 2. The molecule has 0 radical (unpaired) electrons.